The summed E-state index contributed by atoms with van der Waals surface area (Å²) in [4.78, 5) is 32.0. The summed E-state index contributed by atoms with van der Waals surface area (Å²) >= 11 is 7.54. The second-order valence-corrected chi connectivity index (χ2v) is 9.92. The maximum atomic E-state index is 14.0. The highest BCUT2D eigenvalue weighted by atomic mass is 35.5. The molecule has 0 saturated carbocycles. The van der Waals surface area contributed by atoms with E-state index in [4.69, 9.17) is 21.3 Å². The van der Waals surface area contributed by atoms with Gasteiger partial charge in [-0.25, -0.2) is 9.66 Å². The van der Waals surface area contributed by atoms with Gasteiger partial charge in [0, 0.05) is 11.1 Å². The molecule has 0 atom stereocenters. The van der Waals surface area contributed by atoms with Crippen LogP contribution in [0.5, 0.6) is 0 Å². The van der Waals surface area contributed by atoms with E-state index in [9.17, 15) is 9.59 Å². The molecule has 3 aromatic heterocycles. The molecule has 2 aromatic carbocycles. The molecular formula is C25H22ClN5O3S. The highest BCUT2D eigenvalue weighted by Gasteiger charge is 2.24. The third kappa shape index (κ3) is 3.76. The Balaban J connectivity index is 1.62. The minimum atomic E-state index is -0.201. The van der Waals surface area contributed by atoms with E-state index in [1.807, 2.05) is 65.1 Å². The summed E-state index contributed by atoms with van der Waals surface area (Å²) < 4.78 is 11.5. The molecule has 10 heteroatoms. The first-order valence-electron chi connectivity index (χ1n) is 11.3. The van der Waals surface area contributed by atoms with Gasteiger partial charge in [-0.2, -0.15) is 4.68 Å². The Morgan fingerprint density at radius 2 is 1.80 bits per heavy atom. The van der Waals surface area contributed by atoms with E-state index in [2.05, 4.69) is 0 Å². The van der Waals surface area contributed by atoms with Crippen LogP contribution in [-0.4, -0.2) is 45.3 Å². The largest absolute Gasteiger partial charge is 0.378 e. The van der Waals surface area contributed by atoms with Crippen molar-refractivity contribution in [2.45, 2.75) is 13.5 Å². The van der Waals surface area contributed by atoms with Gasteiger partial charge in [0.15, 0.2) is 0 Å². The topological polar surface area (TPSA) is 74.3 Å². The minimum absolute atomic E-state index is 0.178. The standard InChI is InChI=1S/C25H22ClN5O3S/c1-16-23-20(14-22(32)30(16)28-10-12-34-13-11-28)29(15-17-6-8-18(26)9-7-17)31(24(23)33)25-27-19-4-2-3-5-21(19)35-25/h2-9,14H,10-13,15H2,1H3. The lowest BCUT2D eigenvalue weighted by Gasteiger charge is -2.31. The maximum Gasteiger partial charge on any atom is 0.283 e. The number of benzene rings is 2. The van der Waals surface area contributed by atoms with E-state index >= 15 is 0 Å². The molecule has 178 valence electrons. The number of hydrogen-bond acceptors (Lipinski definition) is 6. The highest BCUT2D eigenvalue weighted by molar-refractivity contribution is 7.20. The third-order valence-corrected chi connectivity index (χ3v) is 7.57. The molecule has 0 bridgehead atoms. The lowest BCUT2D eigenvalue weighted by molar-refractivity contribution is 0.110. The van der Waals surface area contributed by atoms with Crippen LogP contribution in [0.2, 0.25) is 5.02 Å². The SMILES string of the molecule is Cc1c2c(=O)n(-c3nc4ccccc4s3)n(Cc3ccc(Cl)cc3)c2cc(=O)n1N1CCOCC1. The van der Waals surface area contributed by atoms with Gasteiger partial charge in [0.2, 0.25) is 5.13 Å². The molecule has 4 heterocycles. The van der Waals surface area contributed by atoms with Crippen molar-refractivity contribution in [1.82, 2.24) is 19.0 Å². The second kappa shape index (κ2) is 8.67. The van der Waals surface area contributed by atoms with Gasteiger partial charge in [-0.1, -0.05) is 47.2 Å². The molecule has 1 fully saturated rings. The van der Waals surface area contributed by atoms with Crippen LogP contribution >= 0.6 is 22.9 Å². The molecule has 0 N–H and O–H groups in total. The molecule has 8 nitrogen and oxygen atoms in total. The zero-order valence-corrected chi connectivity index (χ0v) is 20.6. The van der Waals surface area contributed by atoms with E-state index < -0.39 is 0 Å². The average Bonchev–Trinajstić information content (AvgIpc) is 3.39. The van der Waals surface area contributed by atoms with Crippen molar-refractivity contribution >= 4 is 44.1 Å². The zero-order chi connectivity index (χ0) is 24.1. The fourth-order valence-corrected chi connectivity index (χ4v) is 5.76. The number of nitrogens with zero attached hydrogens (tertiary/aromatic N) is 5. The van der Waals surface area contributed by atoms with Crippen molar-refractivity contribution in [3.8, 4) is 5.13 Å². The first kappa shape index (κ1) is 22.1. The molecule has 0 unspecified atom stereocenters. The lowest BCUT2D eigenvalue weighted by atomic mass is 10.2. The number of pyridine rings is 1. The van der Waals surface area contributed by atoms with Gasteiger partial charge < -0.3 is 9.75 Å². The Labute approximate surface area is 209 Å². The summed E-state index contributed by atoms with van der Waals surface area (Å²) in [5, 5.41) is 3.65. The van der Waals surface area contributed by atoms with Crippen LogP contribution in [0.25, 0.3) is 26.3 Å². The number of para-hydroxylation sites is 1. The number of aromatic nitrogens is 4. The molecule has 1 saturated heterocycles. The minimum Gasteiger partial charge on any atom is -0.378 e. The molecule has 0 aliphatic carbocycles. The highest BCUT2D eigenvalue weighted by Crippen LogP contribution is 2.26. The van der Waals surface area contributed by atoms with Crippen LogP contribution in [0.15, 0.2) is 64.2 Å². The van der Waals surface area contributed by atoms with Crippen molar-refractivity contribution < 1.29 is 4.74 Å². The molecule has 35 heavy (non-hydrogen) atoms. The van der Waals surface area contributed by atoms with E-state index in [0.29, 0.717) is 59.6 Å². The van der Waals surface area contributed by atoms with Crippen LogP contribution < -0.4 is 16.1 Å². The Kier molecular flexibility index (Phi) is 5.47. The van der Waals surface area contributed by atoms with Gasteiger partial charge in [-0.05, 0) is 36.8 Å². The number of rotatable bonds is 4. The fourth-order valence-electron chi connectivity index (χ4n) is 4.66. The smallest absolute Gasteiger partial charge is 0.283 e. The summed E-state index contributed by atoms with van der Waals surface area (Å²) in [5.41, 5.74) is 2.60. The van der Waals surface area contributed by atoms with Gasteiger partial charge in [-0.3, -0.25) is 14.3 Å². The number of hydrogen-bond donors (Lipinski definition) is 0. The van der Waals surface area contributed by atoms with Crippen LogP contribution in [-0.2, 0) is 11.3 Å². The first-order valence-corrected chi connectivity index (χ1v) is 12.5. The molecule has 5 aromatic rings. The second-order valence-electron chi connectivity index (χ2n) is 8.47. The van der Waals surface area contributed by atoms with E-state index in [-0.39, 0.29) is 11.1 Å². The molecule has 0 radical (unpaired) electrons. The van der Waals surface area contributed by atoms with Gasteiger partial charge in [0.05, 0.1) is 59.7 Å². The van der Waals surface area contributed by atoms with Crippen LogP contribution in [0, 0.1) is 6.92 Å². The molecule has 1 aliphatic rings. The number of aryl methyl sites for hydroxylation is 1. The van der Waals surface area contributed by atoms with Crippen molar-refractivity contribution in [2.24, 2.45) is 0 Å². The summed E-state index contributed by atoms with van der Waals surface area (Å²) in [7, 11) is 0. The summed E-state index contributed by atoms with van der Waals surface area (Å²) in [6.45, 7) is 4.46. The monoisotopic (exact) mass is 507 g/mol. The van der Waals surface area contributed by atoms with Crippen molar-refractivity contribution in [2.75, 3.05) is 31.3 Å². The summed E-state index contributed by atoms with van der Waals surface area (Å²) in [6, 6.07) is 16.8. The van der Waals surface area contributed by atoms with Crippen molar-refractivity contribution in [3.05, 3.63) is 91.6 Å². The Morgan fingerprint density at radius 1 is 1.06 bits per heavy atom. The van der Waals surface area contributed by atoms with Crippen LogP contribution in [0.3, 0.4) is 0 Å². The molecule has 1 aliphatic heterocycles. The Morgan fingerprint density at radius 3 is 2.54 bits per heavy atom. The number of thiazole rings is 1. The van der Waals surface area contributed by atoms with Crippen molar-refractivity contribution in [1.29, 1.82) is 0 Å². The number of fused-ring (bicyclic) bond motifs is 2. The zero-order valence-electron chi connectivity index (χ0n) is 19.0. The number of morpholine rings is 1. The number of halogens is 1. The van der Waals surface area contributed by atoms with E-state index in [0.717, 1.165) is 15.8 Å². The van der Waals surface area contributed by atoms with Crippen molar-refractivity contribution in [3.63, 3.8) is 0 Å². The molecule has 0 spiro atoms. The molecular weight excluding hydrogens is 486 g/mol. The number of ether oxygens (including phenoxy) is 1. The third-order valence-electron chi connectivity index (χ3n) is 6.31. The first-order chi connectivity index (χ1) is 17.0. The summed E-state index contributed by atoms with van der Waals surface area (Å²) in [6.07, 6.45) is 0. The fraction of sp³-hybridized carbons (Fsp3) is 0.240. The van der Waals surface area contributed by atoms with Gasteiger partial charge in [0.1, 0.15) is 0 Å². The van der Waals surface area contributed by atoms with Gasteiger partial charge >= 0.3 is 0 Å². The Hall–Kier alpha value is -3.40. The maximum absolute atomic E-state index is 14.0. The quantitative estimate of drug-likeness (QED) is 0.372. The van der Waals surface area contributed by atoms with Crippen LogP contribution in [0.1, 0.15) is 11.3 Å². The lowest BCUT2D eigenvalue weighted by Crippen LogP contribution is -2.49. The molecule has 0 amide bonds. The molecule has 6 rings (SSSR count). The van der Waals surface area contributed by atoms with Gasteiger partial charge in [0.25, 0.3) is 11.1 Å². The normalized spacial score (nSPS) is 14.3. The Bertz CT molecular complexity index is 1640. The predicted octanol–water partition coefficient (Wildman–Crippen LogP) is 3.54. The summed E-state index contributed by atoms with van der Waals surface area (Å²) in [5.74, 6) is 0. The predicted molar refractivity (Wildman–Crippen MR) is 139 cm³/mol. The van der Waals surface area contributed by atoms with Crippen LogP contribution in [0.4, 0.5) is 0 Å². The van der Waals surface area contributed by atoms with Gasteiger partial charge in [-0.15, -0.1) is 0 Å². The van der Waals surface area contributed by atoms with E-state index in [1.54, 1.807) is 15.4 Å². The van der Waals surface area contributed by atoms with E-state index in [1.165, 1.54) is 11.3 Å². The average molecular weight is 508 g/mol.